The molecule has 0 saturated heterocycles. The number of amides is 3. The van der Waals surface area contributed by atoms with Crippen LogP contribution < -0.4 is 16.0 Å². The van der Waals surface area contributed by atoms with Gasteiger partial charge >= 0.3 is 17.8 Å². The van der Waals surface area contributed by atoms with E-state index >= 15 is 0 Å². The zero-order valence-electron chi connectivity index (χ0n) is 20.9. The Balaban J connectivity index is 1.34. The Bertz CT molecular complexity index is 1760. The fourth-order valence-corrected chi connectivity index (χ4v) is 4.13. The minimum atomic E-state index is -1.22. The smallest absolute Gasteiger partial charge is 0.371 e. The molecule has 0 fully saturated rings. The van der Waals surface area contributed by atoms with E-state index in [2.05, 4.69) is 41.4 Å². The van der Waals surface area contributed by atoms with Crippen molar-refractivity contribution < 1.29 is 24.3 Å². The molecule has 206 valence electrons. The van der Waals surface area contributed by atoms with E-state index in [1.807, 2.05) is 6.07 Å². The summed E-state index contributed by atoms with van der Waals surface area (Å²) in [6.45, 7) is 0. The number of imidazole rings is 1. The molecule has 0 aliphatic rings. The molecule has 0 aliphatic carbocycles. The van der Waals surface area contributed by atoms with Gasteiger partial charge in [-0.25, -0.2) is 9.78 Å². The molecular weight excluding hydrogens is 554 g/mol. The molecule has 5 rings (SSSR count). The zero-order valence-corrected chi connectivity index (χ0v) is 21.7. The van der Waals surface area contributed by atoms with Gasteiger partial charge in [0.1, 0.15) is 12.4 Å². The number of carboxylic acid groups (broad SMARTS) is 1. The Morgan fingerprint density at radius 3 is 2.51 bits per heavy atom. The maximum atomic E-state index is 13.3. The number of aromatic amines is 1. The first-order valence-electron chi connectivity index (χ1n) is 12.0. The van der Waals surface area contributed by atoms with Gasteiger partial charge in [0.05, 0.1) is 22.4 Å². The summed E-state index contributed by atoms with van der Waals surface area (Å²) >= 11 is 6.09. The van der Waals surface area contributed by atoms with Crippen molar-refractivity contribution in [1.82, 2.24) is 35.5 Å². The number of halogens is 1. The molecule has 0 aliphatic heterocycles. The fourth-order valence-electron chi connectivity index (χ4n) is 3.96. The molecule has 2 aromatic heterocycles. The molecule has 0 saturated carbocycles. The number of nitrogens with one attached hydrogen (secondary N) is 4. The molecule has 2 heterocycles. The number of aromatic nitrogens is 6. The van der Waals surface area contributed by atoms with E-state index in [0.717, 1.165) is 5.56 Å². The summed E-state index contributed by atoms with van der Waals surface area (Å²) < 4.78 is 1.28. The Labute approximate surface area is 235 Å². The lowest BCUT2D eigenvalue weighted by atomic mass is 10.0. The van der Waals surface area contributed by atoms with Crippen LogP contribution in [0, 0.1) is 0 Å². The molecular formula is C26H20ClN9O5. The molecule has 14 nitrogen and oxygen atoms in total. The predicted molar refractivity (Wildman–Crippen MR) is 147 cm³/mol. The molecule has 0 bridgehead atoms. The third-order valence-corrected chi connectivity index (χ3v) is 6.10. The largest absolute Gasteiger partial charge is 0.475 e. The van der Waals surface area contributed by atoms with Crippen LogP contribution in [0.5, 0.6) is 0 Å². The average molecular weight is 574 g/mol. The van der Waals surface area contributed by atoms with Crippen molar-refractivity contribution in [1.29, 1.82) is 0 Å². The average Bonchev–Trinajstić information content (AvgIpc) is 3.64. The molecule has 1 atom stereocenters. The van der Waals surface area contributed by atoms with Gasteiger partial charge in [0.15, 0.2) is 0 Å². The summed E-state index contributed by atoms with van der Waals surface area (Å²) in [5.41, 5.74) is 2.38. The molecule has 0 spiro atoms. The number of carboxylic acids is 1. The van der Waals surface area contributed by atoms with Gasteiger partial charge in [-0.3, -0.25) is 14.4 Å². The lowest BCUT2D eigenvalue weighted by molar-refractivity contribution is -0.137. The number of H-pyrrole nitrogens is 1. The number of aromatic carboxylic acids is 1. The number of benzene rings is 3. The summed E-state index contributed by atoms with van der Waals surface area (Å²) in [4.78, 5) is 57.0. The third-order valence-electron chi connectivity index (χ3n) is 5.87. The van der Waals surface area contributed by atoms with Crippen LogP contribution in [0.15, 0.2) is 73.1 Å². The van der Waals surface area contributed by atoms with Crippen molar-refractivity contribution >= 4 is 57.7 Å². The van der Waals surface area contributed by atoms with Gasteiger partial charge in [0.2, 0.25) is 11.7 Å². The van der Waals surface area contributed by atoms with Crippen molar-refractivity contribution in [3.8, 4) is 5.69 Å². The number of rotatable bonds is 8. The Morgan fingerprint density at radius 2 is 1.78 bits per heavy atom. The molecule has 0 unspecified atom stereocenters. The van der Waals surface area contributed by atoms with E-state index in [-0.39, 0.29) is 17.9 Å². The number of hydrogen-bond donors (Lipinski definition) is 5. The summed E-state index contributed by atoms with van der Waals surface area (Å²) in [5, 5.41) is 28.1. The number of nitrogens with zero attached hydrogens (tertiary/aromatic N) is 5. The lowest BCUT2D eigenvalue weighted by Crippen LogP contribution is -2.49. The molecule has 15 heteroatoms. The van der Waals surface area contributed by atoms with Crippen molar-refractivity contribution in [3.05, 3.63) is 89.5 Å². The molecule has 3 amide bonds. The minimum Gasteiger partial charge on any atom is -0.475 e. The summed E-state index contributed by atoms with van der Waals surface area (Å²) in [5.74, 6) is -4.19. The normalized spacial score (nSPS) is 11.5. The number of anilines is 2. The fraction of sp³-hybridized carbons (Fsp3) is 0.0769. The van der Waals surface area contributed by atoms with Gasteiger partial charge < -0.3 is 26.0 Å². The first-order valence-corrected chi connectivity index (χ1v) is 12.4. The highest BCUT2D eigenvalue weighted by molar-refractivity contribution is 6.40. The van der Waals surface area contributed by atoms with Crippen molar-refractivity contribution in [2.75, 3.05) is 10.6 Å². The highest BCUT2D eigenvalue weighted by Gasteiger charge is 2.26. The van der Waals surface area contributed by atoms with E-state index in [1.165, 1.54) is 23.1 Å². The third kappa shape index (κ3) is 6.34. The first-order chi connectivity index (χ1) is 19.8. The zero-order chi connectivity index (χ0) is 28.9. The van der Waals surface area contributed by atoms with E-state index in [0.29, 0.717) is 27.4 Å². The minimum absolute atomic E-state index is 0.0776. The number of tetrazole rings is 1. The van der Waals surface area contributed by atoms with Crippen LogP contribution in [-0.2, 0) is 20.8 Å². The number of carbonyl (C=O) groups excluding carboxylic acids is 3. The van der Waals surface area contributed by atoms with E-state index in [1.54, 1.807) is 48.5 Å². The maximum absolute atomic E-state index is 13.3. The van der Waals surface area contributed by atoms with Crippen LogP contribution >= 0.6 is 11.6 Å². The Morgan fingerprint density at radius 1 is 0.976 bits per heavy atom. The summed E-state index contributed by atoms with van der Waals surface area (Å²) in [6, 6.07) is 16.9. The maximum Gasteiger partial charge on any atom is 0.371 e. The SMILES string of the molecule is O=C(Nc1cc(Cl)ccc1-n1cnnn1)C(=O)N[C@@H](Cc1ccccc1)C(=O)Nc1ccc2nc(C(=O)O)[nH]c2c1. The first kappa shape index (κ1) is 27.0. The van der Waals surface area contributed by atoms with Crippen LogP contribution in [-0.4, -0.2) is 65.0 Å². The quantitative estimate of drug-likeness (QED) is 0.173. The van der Waals surface area contributed by atoms with Crippen LogP contribution in [0.2, 0.25) is 5.02 Å². The Hall–Kier alpha value is -5.63. The lowest BCUT2D eigenvalue weighted by Gasteiger charge is -2.19. The second-order valence-corrected chi connectivity index (χ2v) is 9.13. The van der Waals surface area contributed by atoms with Crippen molar-refractivity contribution in [2.45, 2.75) is 12.5 Å². The van der Waals surface area contributed by atoms with E-state index < -0.39 is 29.7 Å². The van der Waals surface area contributed by atoms with Crippen LogP contribution in [0.25, 0.3) is 16.7 Å². The van der Waals surface area contributed by atoms with E-state index in [9.17, 15) is 19.2 Å². The molecule has 41 heavy (non-hydrogen) atoms. The number of fused-ring (bicyclic) bond motifs is 1. The molecule has 5 N–H and O–H groups in total. The van der Waals surface area contributed by atoms with E-state index in [4.69, 9.17) is 16.7 Å². The summed E-state index contributed by atoms with van der Waals surface area (Å²) in [7, 11) is 0. The standard InChI is InChI=1S/C26H20ClN9O5/c27-15-6-9-21(36-13-28-34-35-36)19(11-15)32-24(38)25(39)33-20(10-14-4-2-1-3-5-14)23(37)29-16-7-8-17-18(12-16)31-22(30-17)26(40)41/h1-9,11-13,20H,10H2,(H,29,37)(H,30,31)(H,32,38)(H,33,39)(H,40,41)/t20-/m0/s1. The highest BCUT2D eigenvalue weighted by Crippen LogP contribution is 2.24. The Kier molecular flexibility index (Phi) is 7.65. The molecule has 0 radical (unpaired) electrons. The number of carbonyl (C=O) groups is 4. The summed E-state index contributed by atoms with van der Waals surface area (Å²) in [6.07, 6.45) is 1.39. The van der Waals surface area contributed by atoms with Gasteiger partial charge in [-0.15, -0.1) is 5.10 Å². The molecule has 3 aromatic carbocycles. The van der Waals surface area contributed by atoms with Gasteiger partial charge in [-0.05, 0) is 52.4 Å². The molecule has 5 aromatic rings. The second kappa shape index (κ2) is 11.6. The number of hydrogen-bond acceptors (Lipinski definition) is 8. The predicted octanol–water partition coefficient (Wildman–Crippen LogP) is 2.19. The topological polar surface area (TPSA) is 197 Å². The van der Waals surface area contributed by atoms with Crippen LogP contribution in [0.4, 0.5) is 11.4 Å². The van der Waals surface area contributed by atoms with Crippen molar-refractivity contribution in [3.63, 3.8) is 0 Å². The van der Waals surface area contributed by atoms with Crippen LogP contribution in [0.1, 0.15) is 16.2 Å². The van der Waals surface area contributed by atoms with Crippen LogP contribution in [0.3, 0.4) is 0 Å². The highest BCUT2D eigenvalue weighted by atomic mass is 35.5. The van der Waals surface area contributed by atoms with Gasteiger partial charge in [0, 0.05) is 17.1 Å². The monoisotopic (exact) mass is 573 g/mol. The second-order valence-electron chi connectivity index (χ2n) is 8.70. The van der Waals surface area contributed by atoms with Gasteiger partial charge in [-0.2, -0.15) is 4.68 Å². The van der Waals surface area contributed by atoms with Crippen molar-refractivity contribution in [2.24, 2.45) is 0 Å². The van der Waals surface area contributed by atoms with Gasteiger partial charge in [-0.1, -0.05) is 41.9 Å². The van der Waals surface area contributed by atoms with Gasteiger partial charge in [0.25, 0.3) is 0 Å².